The zero-order valence-electron chi connectivity index (χ0n) is 8.35. The minimum Gasteiger partial charge on any atom is -0.375 e. The van der Waals surface area contributed by atoms with Crippen LogP contribution in [0.5, 0.6) is 0 Å². The molecule has 84 valence electrons. The highest BCUT2D eigenvalue weighted by Crippen LogP contribution is 2.15. The van der Waals surface area contributed by atoms with Crippen LogP contribution in [0.15, 0.2) is 21.9 Å². The second kappa shape index (κ2) is 4.31. The van der Waals surface area contributed by atoms with Crippen molar-refractivity contribution in [3.8, 4) is 0 Å². The number of rotatable bonds is 3. The summed E-state index contributed by atoms with van der Waals surface area (Å²) in [4.78, 5) is 15.2. The monoisotopic (exact) mass is 241 g/mol. The number of hydrogen-bond donors (Lipinski definition) is 1. The molecule has 0 aliphatic heterocycles. The van der Waals surface area contributed by atoms with Crippen molar-refractivity contribution in [1.29, 1.82) is 0 Å². The summed E-state index contributed by atoms with van der Waals surface area (Å²) in [5.41, 5.74) is 0.0781. The Morgan fingerprint density at radius 3 is 3.12 bits per heavy atom. The molecular weight excluding hydrogens is 234 g/mol. The smallest absolute Gasteiger partial charge is 0.287 e. The van der Waals surface area contributed by atoms with Crippen molar-refractivity contribution >= 4 is 17.3 Å². The summed E-state index contributed by atoms with van der Waals surface area (Å²) in [6, 6.07) is 0. The van der Waals surface area contributed by atoms with Crippen molar-refractivity contribution in [2.45, 2.75) is 6.54 Å². The average molecular weight is 242 g/mol. The maximum Gasteiger partial charge on any atom is 0.287 e. The molecule has 0 aliphatic rings. The number of anilines is 1. The molecule has 0 spiro atoms. The van der Waals surface area contributed by atoms with Gasteiger partial charge in [-0.2, -0.15) is 10.1 Å². The first-order valence-corrected chi connectivity index (χ1v) is 4.77. The molecular formula is C8H8ClN5O2. The fourth-order valence-electron chi connectivity index (χ4n) is 1.08. The molecule has 7 nitrogen and oxygen atoms in total. The van der Waals surface area contributed by atoms with Gasteiger partial charge >= 0.3 is 0 Å². The highest BCUT2D eigenvalue weighted by molar-refractivity contribution is 6.32. The van der Waals surface area contributed by atoms with Crippen molar-refractivity contribution in [3.63, 3.8) is 0 Å². The lowest BCUT2D eigenvalue weighted by Crippen LogP contribution is -2.21. The van der Waals surface area contributed by atoms with Crippen molar-refractivity contribution < 1.29 is 4.52 Å². The lowest BCUT2D eigenvalue weighted by Gasteiger charge is -2.05. The summed E-state index contributed by atoms with van der Waals surface area (Å²) in [6.07, 6.45) is 2.69. The van der Waals surface area contributed by atoms with Gasteiger partial charge in [-0.15, -0.1) is 0 Å². The van der Waals surface area contributed by atoms with Gasteiger partial charge in [-0.1, -0.05) is 16.8 Å². The Kier molecular flexibility index (Phi) is 2.86. The first-order chi connectivity index (χ1) is 7.68. The van der Waals surface area contributed by atoms with Crippen LogP contribution in [0.3, 0.4) is 0 Å². The lowest BCUT2D eigenvalue weighted by atomic mass is 10.4. The van der Waals surface area contributed by atoms with Crippen molar-refractivity contribution in [3.05, 3.63) is 33.8 Å². The van der Waals surface area contributed by atoms with Crippen LogP contribution in [0.25, 0.3) is 0 Å². The summed E-state index contributed by atoms with van der Waals surface area (Å²) in [5, 5.41) is 10.4. The number of aryl methyl sites for hydroxylation is 1. The molecule has 0 unspecified atom stereocenters. The van der Waals surface area contributed by atoms with Crippen LogP contribution in [0.4, 0.5) is 5.69 Å². The van der Waals surface area contributed by atoms with Crippen molar-refractivity contribution in [2.75, 3.05) is 5.32 Å². The number of nitrogens with zero attached hydrogens (tertiary/aromatic N) is 4. The molecule has 2 aromatic heterocycles. The number of aromatic nitrogens is 4. The van der Waals surface area contributed by atoms with Crippen molar-refractivity contribution in [2.24, 2.45) is 7.05 Å². The third-order valence-corrected chi connectivity index (χ3v) is 2.29. The molecule has 0 aromatic carbocycles. The van der Waals surface area contributed by atoms with E-state index in [0.29, 0.717) is 18.1 Å². The molecule has 2 rings (SSSR count). The molecule has 0 bridgehead atoms. The molecule has 2 aromatic rings. The van der Waals surface area contributed by atoms with Gasteiger partial charge in [-0.05, 0) is 0 Å². The Bertz CT molecular complexity index is 536. The molecule has 0 saturated heterocycles. The van der Waals surface area contributed by atoms with Gasteiger partial charge in [0.25, 0.3) is 5.56 Å². The minimum absolute atomic E-state index is 0.0843. The predicted octanol–water partition coefficient (Wildman–Crippen LogP) is 0.429. The van der Waals surface area contributed by atoms with E-state index in [-0.39, 0.29) is 10.6 Å². The molecule has 16 heavy (non-hydrogen) atoms. The Labute approximate surface area is 95.0 Å². The van der Waals surface area contributed by atoms with E-state index in [4.69, 9.17) is 11.6 Å². The van der Waals surface area contributed by atoms with E-state index < -0.39 is 0 Å². The highest BCUT2D eigenvalue weighted by atomic mass is 35.5. The molecule has 0 saturated carbocycles. The van der Waals surface area contributed by atoms with E-state index in [9.17, 15) is 4.79 Å². The second-order valence-electron chi connectivity index (χ2n) is 3.00. The normalized spacial score (nSPS) is 10.4. The molecule has 1 N–H and O–H groups in total. The topological polar surface area (TPSA) is 85.8 Å². The van der Waals surface area contributed by atoms with Crippen LogP contribution < -0.4 is 10.9 Å². The van der Waals surface area contributed by atoms with Gasteiger partial charge in [-0.25, -0.2) is 4.68 Å². The third kappa shape index (κ3) is 2.03. The summed E-state index contributed by atoms with van der Waals surface area (Å²) in [6.45, 7) is 0.311. The lowest BCUT2D eigenvalue weighted by molar-refractivity contribution is 0.411. The van der Waals surface area contributed by atoms with Gasteiger partial charge in [0.15, 0.2) is 5.82 Å². The van der Waals surface area contributed by atoms with E-state index >= 15 is 0 Å². The Balaban J connectivity index is 2.16. The minimum atomic E-state index is -0.361. The van der Waals surface area contributed by atoms with Gasteiger partial charge in [0, 0.05) is 7.05 Å². The van der Waals surface area contributed by atoms with Gasteiger partial charge in [0.1, 0.15) is 5.02 Å². The molecule has 0 amide bonds. The van der Waals surface area contributed by atoms with E-state index in [1.807, 2.05) is 0 Å². The number of hydrogen-bond acceptors (Lipinski definition) is 6. The Morgan fingerprint density at radius 1 is 1.62 bits per heavy atom. The largest absolute Gasteiger partial charge is 0.375 e. The fourth-order valence-corrected chi connectivity index (χ4v) is 1.32. The fraction of sp³-hybridized carbons (Fsp3) is 0.250. The van der Waals surface area contributed by atoms with Crippen LogP contribution in [0.2, 0.25) is 5.02 Å². The van der Waals surface area contributed by atoms with Crippen LogP contribution in [0.1, 0.15) is 5.82 Å². The first-order valence-electron chi connectivity index (χ1n) is 4.39. The quantitative estimate of drug-likeness (QED) is 0.839. The molecule has 2 heterocycles. The van der Waals surface area contributed by atoms with Gasteiger partial charge in [0.2, 0.25) is 6.39 Å². The zero-order chi connectivity index (χ0) is 11.5. The second-order valence-corrected chi connectivity index (χ2v) is 3.38. The summed E-state index contributed by atoms with van der Waals surface area (Å²) in [5.74, 6) is 0.469. The van der Waals surface area contributed by atoms with Crippen LogP contribution >= 0.6 is 11.6 Å². The maximum absolute atomic E-state index is 11.4. The van der Waals surface area contributed by atoms with Crippen LogP contribution in [-0.2, 0) is 13.6 Å². The van der Waals surface area contributed by atoms with E-state index in [1.54, 1.807) is 0 Å². The molecule has 8 heteroatoms. The van der Waals surface area contributed by atoms with E-state index in [0.717, 1.165) is 4.68 Å². The Morgan fingerprint density at radius 2 is 2.44 bits per heavy atom. The molecule has 0 atom stereocenters. The van der Waals surface area contributed by atoms with Crippen LogP contribution in [-0.4, -0.2) is 19.9 Å². The Hall–Kier alpha value is -1.89. The summed E-state index contributed by atoms with van der Waals surface area (Å²) in [7, 11) is 1.52. The van der Waals surface area contributed by atoms with E-state index in [2.05, 4.69) is 25.1 Å². The highest BCUT2D eigenvalue weighted by Gasteiger charge is 2.07. The average Bonchev–Trinajstić information content (AvgIpc) is 2.78. The summed E-state index contributed by atoms with van der Waals surface area (Å²) >= 11 is 5.84. The van der Waals surface area contributed by atoms with Gasteiger partial charge in [-0.3, -0.25) is 4.79 Å². The SMILES string of the molecule is Cn1ncc(NCc2ncon2)c(Cl)c1=O. The molecule has 0 aliphatic carbocycles. The van der Waals surface area contributed by atoms with E-state index in [1.165, 1.54) is 19.6 Å². The summed E-state index contributed by atoms with van der Waals surface area (Å²) < 4.78 is 5.72. The maximum atomic E-state index is 11.4. The van der Waals surface area contributed by atoms with Crippen LogP contribution in [0, 0.1) is 0 Å². The third-order valence-electron chi connectivity index (χ3n) is 1.92. The zero-order valence-corrected chi connectivity index (χ0v) is 9.10. The van der Waals surface area contributed by atoms with Gasteiger partial charge in [0.05, 0.1) is 18.4 Å². The molecule has 0 radical (unpaired) electrons. The number of halogens is 1. The first kappa shape index (κ1) is 10.6. The number of nitrogens with one attached hydrogen (secondary N) is 1. The van der Waals surface area contributed by atoms with Gasteiger partial charge < -0.3 is 9.84 Å². The molecule has 0 fully saturated rings. The van der Waals surface area contributed by atoms with Crippen molar-refractivity contribution in [1.82, 2.24) is 19.9 Å². The standard InChI is InChI=1S/C8H8ClN5O2/c1-14-8(15)7(9)5(2-12-14)10-3-6-11-4-16-13-6/h2,4,10H,3H2,1H3. The predicted molar refractivity (Wildman–Crippen MR) is 56.1 cm³/mol.